The van der Waals surface area contributed by atoms with E-state index in [0.717, 1.165) is 16.7 Å². The molecule has 0 saturated heterocycles. The van der Waals surface area contributed by atoms with Gasteiger partial charge in [0.15, 0.2) is 5.16 Å². The zero-order valence-corrected chi connectivity index (χ0v) is 17.1. The Morgan fingerprint density at radius 1 is 1.21 bits per heavy atom. The van der Waals surface area contributed by atoms with Gasteiger partial charge in [-0.3, -0.25) is 9.69 Å². The Kier molecular flexibility index (Phi) is 6.89. The fraction of sp³-hybridized carbons (Fsp3) is 0.350. The van der Waals surface area contributed by atoms with Crippen LogP contribution in [0.15, 0.2) is 58.3 Å². The Morgan fingerprint density at radius 2 is 2.00 bits per heavy atom. The number of aromatic nitrogens is 3. The van der Waals surface area contributed by atoms with Crippen LogP contribution >= 0.6 is 11.8 Å². The zero-order chi connectivity index (χ0) is 19.9. The first-order valence-corrected chi connectivity index (χ1v) is 10.1. The average molecular weight is 400 g/mol. The van der Waals surface area contributed by atoms with Crippen molar-refractivity contribution in [2.45, 2.75) is 24.7 Å². The molecule has 1 aromatic carbocycles. The fourth-order valence-corrected chi connectivity index (χ4v) is 3.64. The Morgan fingerprint density at radius 3 is 2.68 bits per heavy atom. The summed E-state index contributed by atoms with van der Waals surface area (Å²) in [6.45, 7) is 3.09. The van der Waals surface area contributed by atoms with Gasteiger partial charge in [0.05, 0.1) is 24.6 Å². The van der Waals surface area contributed by atoms with E-state index < -0.39 is 0 Å². The third-order valence-electron chi connectivity index (χ3n) is 4.41. The number of aryl methyl sites for hydroxylation is 1. The molecule has 0 aliphatic rings. The van der Waals surface area contributed by atoms with Crippen molar-refractivity contribution in [1.82, 2.24) is 25.0 Å². The van der Waals surface area contributed by atoms with Crippen LogP contribution in [0.1, 0.15) is 23.2 Å². The van der Waals surface area contributed by atoms with Crippen molar-refractivity contribution in [1.29, 1.82) is 0 Å². The maximum absolute atomic E-state index is 12.4. The van der Waals surface area contributed by atoms with E-state index in [4.69, 9.17) is 4.42 Å². The van der Waals surface area contributed by atoms with Gasteiger partial charge in [0.1, 0.15) is 11.6 Å². The van der Waals surface area contributed by atoms with Crippen LogP contribution in [0.25, 0.3) is 0 Å². The van der Waals surface area contributed by atoms with Crippen LogP contribution < -0.4 is 5.32 Å². The van der Waals surface area contributed by atoms with Crippen molar-refractivity contribution in [3.05, 3.63) is 65.9 Å². The predicted molar refractivity (Wildman–Crippen MR) is 109 cm³/mol. The molecule has 8 heteroatoms. The zero-order valence-electron chi connectivity index (χ0n) is 16.3. The molecule has 2 heterocycles. The standard InChI is InChI=1S/C20H25N5O2S/c1-15-22-23-20(25(15)13-16-8-5-4-6-9-16)28-14-19(26)21-12-17(24(2)3)18-10-7-11-27-18/h4-11,17H,12-14H2,1-3H3,(H,21,26). The predicted octanol–water partition coefficient (Wildman–Crippen LogP) is 2.74. The Labute approximate surface area is 169 Å². The number of carbonyl (C=O) groups is 1. The van der Waals surface area contributed by atoms with Crippen LogP contribution in [0.5, 0.6) is 0 Å². The Balaban J connectivity index is 1.55. The Bertz CT molecular complexity index is 877. The molecule has 1 N–H and O–H groups in total. The lowest BCUT2D eigenvalue weighted by Gasteiger charge is -2.22. The molecule has 2 aromatic heterocycles. The number of carbonyl (C=O) groups excluding carboxylic acids is 1. The minimum absolute atomic E-state index is 0.00655. The summed E-state index contributed by atoms with van der Waals surface area (Å²) in [4.78, 5) is 14.4. The number of thioether (sulfide) groups is 1. The van der Waals surface area contributed by atoms with Gasteiger partial charge >= 0.3 is 0 Å². The van der Waals surface area contributed by atoms with Gasteiger partial charge in [0.2, 0.25) is 5.91 Å². The molecular formula is C20H25N5O2S. The van der Waals surface area contributed by atoms with Gasteiger partial charge in [0, 0.05) is 6.54 Å². The summed E-state index contributed by atoms with van der Waals surface area (Å²) in [6, 6.07) is 13.9. The van der Waals surface area contributed by atoms with Crippen LogP contribution in [0.2, 0.25) is 0 Å². The van der Waals surface area contributed by atoms with E-state index >= 15 is 0 Å². The number of hydrogen-bond donors (Lipinski definition) is 1. The molecule has 0 radical (unpaired) electrons. The third kappa shape index (κ3) is 5.24. The number of likely N-dealkylation sites (N-methyl/N-ethyl adjacent to an activating group) is 1. The summed E-state index contributed by atoms with van der Waals surface area (Å²) in [5.74, 6) is 1.90. The van der Waals surface area contributed by atoms with Gasteiger partial charge < -0.3 is 14.3 Å². The quantitative estimate of drug-likeness (QED) is 0.558. The van der Waals surface area contributed by atoms with Gasteiger partial charge in [0.25, 0.3) is 0 Å². The lowest BCUT2D eigenvalue weighted by molar-refractivity contribution is -0.118. The van der Waals surface area contributed by atoms with Crippen molar-refractivity contribution in [3.63, 3.8) is 0 Å². The number of amides is 1. The molecule has 1 atom stereocenters. The minimum atomic E-state index is -0.0460. The smallest absolute Gasteiger partial charge is 0.230 e. The molecule has 1 unspecified atom stereocenters. The molecule has 0 aliphatic carbocycles. The lowest BCUT2D eigenvalue weighted by atomic mass is 10.2. The van der Waals surface area contributed by atoms with E-state index in [0.29, 0.717) is 13.1 Å². The molecule has 148 valence electrons. The molecule has 0 spiro atoms. The summed E-state index contributed by atoms with van der Waals surface area (Å²) < 4.78 is 7.50. The van der Waals surface area contributed by atoms with Gasteiger partial charge in [-0.1, -0.05) is 42.1 Å². The maximum atomic E-state index is 12.4. The molecule has 0 aliphatic heterocycles. The van der Waals surface area contributed by atoms with Crippen LogP contribution in [0.3, 0.4) is 0 Å². The highest BCUT2D eigenvalue weighted by molar-refractivity contribution is 7.99. The SMILES string of the molecule is Cc1nnc(SCC(=O)NCC(c2ccco2)N(C)C)n1Cc1ccccc1. The van der Waals surface area contributed by atoms with Gasteiger partial charge in [-0.25, -0.2) is 0 Å². The second kappa shape index (κ2) is 9.57. The first kappa shape index (κ1) is 20.2. The van der Waals surface area contributed by atoms with E-state index in [9.17, 15) is 4.79 Å². The molecule has 0 bridgehead atoms. The molecule has 7 nitrogen and oxygen atoms in total. The third-order valence-corrected chi connectivity index (χ3v) is 5.37. The molecule has 0 saturated carbocycles. The van der Waals surface area contributed by atoms with E-state index in [2.05, 4.69) is 27.6 Å². The number of benzene rings is 1. The summed E-state index contributed by atoms with van der Waals surface area (Å²) in [5, 5.41) is 12.1. The van der Waals surface area contributed by atoms with Crippen molar-refractivity contribution in [3.8, 4) is 0 Å². The Hall–Kier alpha value is -2.58. The minimum Gasteiger partial charge on any atom is -0.468 e. The second-order valence-corrected chi connectivity index (χ2v) is 7.63. The van der Waals surface area contributed by atoms with E-state index in [1.54, 1.807) is 6.26 Å². The molecule has 3 rings (SSSR count). The average Bonchev–Trinajstić information content (AvgIpc) is 3.32. The van der Waals surface area contributed by atoms with Crippen LogP contribution in [0.4, 0.5) is 0 Å². The fourth-order valence-electron chi connectivity index (χ4n) is 2.83. The van der Waals surface area contributed by atoms with Gasteiger partial charge in [-0.15, -0.1) is 10.2 Å². The summed E-state index contributed by atoms with van der Waals surface area (Å²) >= 11 is 1.39. The lowest BCUT2D eigenvalue weighted by Crippen LogP contribution is -2.35. The molecule has 1 amide bonds. The highest BCUT2D eigenvalue weighted by Gasteiger charge is 2.18. The molecular weight excluding hydrogens is 374 g/mol. The second-order valence-electron chi connectivity index (χ2n) is 6.69. The summed E-state index contributed by atoms with van der Waals surface area (Å²) in [6.07, 6.45) is 1.64. The number of hydrogen-bond acceptors (Lipinski definition) is 6. The number of furan rings is 1. The van der Waals surface area contributed by atoms with Crippen LogP contribution in [0, 0.1) is 6.92 Å². The highest BCUT2D eigenvalue weighted by atomic mass is 32.2. The largest absolute Gasteiger partial charge is 0.468 e. The van der Waals surface area contributed by atoms with E-state index in [1.165, 1.54) is 17.3 Å². The number of rotatable bonds is 9. The normalized spacial score (nSPS) is 12.3. The van der Waals surface area contributed by atoms with Crippen molar-refractivity contribution < 1.29 is 9.21 Å². The molecule has 3 aromatic rings. The highest BCUT2D eigenvalue weighted by Crippen LogP contribution is 2.20. The van der Waals surface area contributed by atoms with E-state index in [-0.39, 0.29) is 17.7 Å². The van der Waals surface area contributed by atoms with Crippen LogP contribution in [-0.2, 0) is 11.3 Å². The van der Waals surface area contributed by atoms with Crippen molar-refractivity contribution in [2.24, 2.45) is 0 Å². The number of nitrogens with one attached hydrogen (secondary N) is 1. The molecule has 28 heavy (non-hydrogen) atoms. The summed E-state index contributed by atoms with van der Waals surface area (Å²) in [5.41, 5.74) is 1.17. The van der Waals surface area contributed by atoms with Gasteiger partial charge in [-0.05, 0) is 38.7 Å². The first-order chi connectivity index (χ1) is 13.5. The van der Waals surface area contributed by atoms with Crippen LogP contribution in [-0.4, -0.2) is 52.0 Å². The monoisotopic (exact) mass is 399 g/mol. The van der Waals surface area contributed by atoms with Crippen molar-refractivity contribution >= 4 is 17.7 Å². The van der Waals surface area contributed by atoms with Crippen molar-refractivity contribution in [2.75, 3.05) is 26.4 Å². The first-order valence-electron chi connectivity index (χ1n) is 9.07. The maximum Gasteiger partial charge on any atom is 0.230 e. The van der Waals surface area contributed by atoms with Gasteiger partial charge in [-0.2, -0.15) is 0 Å². The molecule has 0 fully saturated rings. The van der Waals surface area contributed by atoms with E-state index in [1.807, 2.05) is 60.8 Å². The summed E-state index contributed by atoms with van der Waals surface area (Å²) in [7, 11) is 3.92. The topological polar surface area (TPSA) is 76.2 Å². The number of nitrogens with zero attached hydrogens (tertiary/aromatic N) is 4.